The van der Waals surface area contributed by atoms with E-state index in [1.54, 1.807) is 36.4 Å². The molecular formula is C23H20ClN3O4. The summed E-state index contributed by atoms with van der Waals surface area (Å²) in [6.45, 7) is 0.0510. The molecule has 0 spiro atoms. The highest BCUT2D eigenvalue weighted by molar-refractivity contribution is 6.31. The Morgan fingerprint density at radius 2 is 1.81 bits per heavy atom. The second-order valence-corrected chi connectivity index (χ2v) is 7.79. The first kappa shape index (κ1) is 20.8. The molecule has 3 aromatic rings. The number of fused-ring (bicyclic) bond motifs is 2. The van der Waals surface area contributed by atoms with Gasteiger partial charge in [-0.25, -0.2) is 0 Å². The molecule has 0 saturated carbocycles. The summed E-state index contributed by atoms with van der Waals surface area (Å²) in [5.41, 5.74) is 4.17. The van der Waals surface area contributed by atoms with E-state index < -0.39 is 5.97 Å². The monoisotopic (exact) mass is 437 g/mol. The fraction of sp³-hybridized carbons (Fsp3) is 0.217. The number of aromatic nitrogens is 1. The van der Waals surface area contributed by atoms with Crippen molar-refractivity contribution in [3.8, 4) is 0 Å². The SMILES string of the molecule is O=C(O)CCNC(=O)c1ccc(NC(=O)c2c3c(nc4ccc(Cl)cc24)CCC3)cc1. The van der Waals surface area contributed by atoms with Crippen molar-refractivity contribution in [1.82, 2.24) is 10.3 Å². The van der Waals surface area contributed by atoms with Gasteiger partial charge in [-0.3, -0.25) is 19.4 Å². The molecule has 0 fully saturated rings. The number of aliphatic carboxylic acids is 1. The summed E-state index contributed by atoms with van der Waals surface area (Å²) in [4.78, 5) is 40.5. The second-order valence-electron chi connectivity index (χ2n) is 7.36. The number of pyridine rings is 1. The van der Waals surface area contributed by atoms with Gasteiger partial charge >= 0.3 is 5.97 Å². The van der Waals surface area contributed by atoms with Crippen molar-refractivity contribution in [3.05, 3.63) is 69.9 Å². The van der Waals surface area contributed by atoms with Gasteiger partial charge in [-0.1, -0.05) is 11.6 Å². The van der Waals surface area contributed by atoms with Crippen LogP contribution >= 0.6 is 11.6 Å². The number of hydrogen-bond acceptors (Lipinski definition) is 4. The van der Waals surface area contributed by atoms with Crippen LogP contribution in [0.2, 0.25) is 5.02 Å². The first-order valence-corrected chi connectivity index (χ1v) is 10.3. The number of carboxylic acid groups (broad SMARTS) is 1. The summed E-state index contributed by atoms with van der Waals surface area (Å²) < 4.78 is 0. The first-order valence-electron chi connectivity index (χ1n) is 9.95. The van der Waals surface area contributed by atoms with Crippen molar-refractivity contribution in [2.75, 3.05) is 11.9 Å². The zero-order chi connectivity index (χ0) is 22.0. The van der Waals surface area contributed by atoms with Crippen LogP contribution < -0.4 is 10.6 Å². The third-order valence-electron chi connectivity index (χ3n) is 5.23. The molecule has 1 heterocycles. The van der Waals surface area contributed by atoms with Crippen LogP contribution in [0.15, 0.2) is 42.5 Å². The minimum atomic E-state index is -0.977. The van der Waals surface area contributed by atoms with Crippen molar-refractivity contribution in [1.29, 1.82) is 0 Å². The number of aryl methyl sites for hydroxylation is 1. The maximum Gasteiger partial charge on any atom is 0.305 e. The van der Waals surface area contributed by atoms with E-state index in [1.807, 2.05) is 6.07 Å². The zero-order valence-corrected chi connectivity index (χ0v) is 17.3. The molecule has 3 N–H and O–H groups in total. The van der Waals surface area contributed by atoms with E-state index in [4.69, 9.17) is 21.7 Å². The van der Waals surface area contributed by atoms with E-state index in [0.717, 1.165) is 41.4 Å². The van der Waals surface area contributed by atoms with Crippen molar-refractivity contribution >= 4 is 46.0 Å². The third kappa shape index (κ3) is 4.51. The Morgan fingerprint density at radius 1 is 1.03 bits per heavy atom. The number of nitrogens with zero attached hydrogens (tertiary/aromatic N) is 1. The molecule has 0 aliphatic heterocycles. The Kier molecular flexibility index (Phi) is 5.86. The number of halogens is 1. The van der Waals surface area contributed by atoms with Crippen LogP contribution in [-0.4, -0.2) is 34.4 Å². The van der Waals surface area contributed by atoms with Crippen LogP contribution in [0, 0.1) is 0 Å². The molecule has 8 heteroatoms. The lowest BCUT2D eigenvalue weighted by atomic mass is 10.0. The second kappa shape index (κ2) is 8.73. The van der Waals surface area contributed by atoms with Gasteiger partial charge in [-0.2, -0.15) is 0 Å². The van der Waals surface area contributed by atoms with Crippen molar-refractivity contribution in [3.63, 3.8) is 0 Å². The number of nitrogens with one attached hydrogen (secondary N) is 2. The molecule has 7 nitrogen and oxygen atoms in total. The molecule has 0 radical (unpaired) electrons. The van der Waals surface area contributed by atoms with Gasteiger partial charge in [0.25, 0.3) is 11.8 Å². The molecule has 0 atom stereocenters. The van der Waals surface area contributed by atoms with Gasteiger partial charge in [0.1, 0.15) is 0 Å². The number of anilines is 1. The van der Waals surface area contributed by atoms with Crippen molar-refractivity contribution in [2.45, 2.75) is 25.7 Å². The van der Waals surface area contributed by atoms with Gasteiger partial charge in [-0.05, 0) is 67.3 Å². The first-order chi connectivity index (χ1) is 14.9. The average molecular weight is 438 g/mol. The van der Waals surface area contributed by atoms with E-state index in [9.17, 15) is 14.4 Å². The van der Waals surface area contributed by atoms with Crippen LogP contribution in [0.25, 0.3) is 10.9 Å². The fourth-order valence-electron chi connectivity index (χ4n) is 3.78. The Labute approximate surface area is 183 Å². The number of carbonyl (C=O) groups excluding carboxylic acids is 2. The minimum Gasteiger partial charge on any atom is -0.481 e. The fourth-order valence-corrected chi connectivity index (χ4v) is 3.95. The molecule has 0 saturated heterocycles. The number of hydrogen-bond donors (Lipinski definition) is 3. The Balaban J connectivity index is 1.55. The zero-order valence-electron chi connectivity index (χ0n) is 16.6. The summed E-state index contributed by atoms with van der Waals surface area (Å²) in [7, 11) is 0. The predicted octanol–water partition coefficient (Wildman–Crippen LogP) is 3.83. The van der Waals surface area contributed by atoms with Crippen molar-refractivity contribution in [2.24, 2.45) is 0 Å². The smallest absolute Gasteiger partial charge is 0.305 e. The largest absolute Gasteiger partial charge is 0.481 e. The predicted molar refractivity (Wildman–Crippen MR) is 118 cm³/mol. The Bertz CT molecular complexity index is 1190. The van der Waals surface area contributed by atoms with E-state index >= 15 is 0 Å². The van der Waals surface area contributed by atoms with Crippen LogP contribution in [0.1, 0.15) is 44.8 Å². The molecule has 2 amide bonds. The topological polar surface area (TPSA) is 108 Å². The van der Waals surface area contributed by atoms with Gasteiger partial charge in [0.2, 0.25) is 0 Å². The molecule has 1 aliphatic rings. The molecule has 1 aromatic heterocycles. The normalized spacial score (nSPS) is 12.4. The quantitative estimate of drug-likeness (QED) is 0.543. The maximum absolute atomic E-state index is 13.2. The summed E-state index contributed by atoms with van der Waals surface area (Å²) in [6.07, 6.45) is 2.45. The minimum absolute atomic E-state index is 0.0510. The lowest BCUT2D eigenvalue weighted by Gasteiger charge is -2.13. The standard InChI is InChI=1S/C23H20ClN3O4/c24-14-6-9-19-17(12-14)21(16-2-1-3-18(16)27-19)23(31)26-15-7-4-13(5-8-15)22(30)25-11-10-20(28)29/h4-9,12H,1-3,10-11H2,(H,25,30)(H,26,31)(H,28,29). The van der Waals surface area contributed by atoms with Crippen LogP contribution in [0.5, 0.6) is 0 Å². The Hall–Kier alpha value is -3.45. The van der Waals surface area contributed by atoms with E-state index in [2.05, 4.69) is 10.6 Å². The molecule has 158 valence electrons. The van der Waals surface area contributed by atoms with Crippen LogP contribution in [-0.2, 0) is 17.6 Å². The lowest BCUT2D eigenvalue weighted by molar-refractivity contribution is -0.136. The summed E-state index contributed by atoms with van der Waals surface area (Å²) in [5, 5.41) is 15.4. The number of rotatable bonds is 6. The summed E-state index contributed by atoms with van der Waals surface area (Å²) >= 11 is 6.18. The van der Waals surface area contributed by atoms with E-state index in [0.29, 0.717) is 21.8 Å². The lowest BCUT2D eigenvalue weighted by Crippen LogP contribution is -2.26. The van der Waals surface area contributed by atoms with Gasteiger partial charge in [0.05, 0.1) is 17.5 Å². The van der Waals surface area contributed by atoms with Crippen molar-refractivity contribution < 1.29 is 19.5 Å². The van der Waals surface area contributed by atoms with E-state index in [1.165, 1.54) is 0 Å². The third-order valence-corrected chi connectivity index (χ3v) is 5.47. The van der Waals surface area contributed by atoms with Crippen LogP contribution in [0.3, 0.4) is 0 Å². The number of carbonyl (C=O) groups is 3. The molecule has 0 unspecified atom stereocenters. The number of benzene rings is 2. The number of carboxylic acids is 1. The highest BCUT2D eigenvalue weighted by atomic mass is 35.5. The molecule has 4 rings (SSSR count). The average Bonchev–Trinajstić information content (AvgIpc) is 3.20. The summed E-state index contributed by atoms with van der Waals surface area (Å²) in [5.74, 6) is -1.59. The highest BCUT2D eigenvalue weighted by Crippen LogP contribution is 2.32. The molecule has 31 heavy (non-hydrogen) atoms. The van der Waals surface area contributed by atoms with Gasteiger partial charge in [-0.15, -0.1) is 0 Å². The maximum atomic E-state index is 13.2. The van der Waals surface area contributed by atoms with Gasteiger partial charge in [0, 0.05) is 33.9 Å². The van der Waals surface area contributed by atoms with Gasteiger partial charge < -0.3 is 15.7 Å². The highest BCUT2D eigenvalue weighted by Gasteiger charge is 2.24. The Morgan fingerprint density at radius 3 is 2.55 bits per heavy atom. The summed E-state index contributed by atoms with van der Waals surface area (Å²) in [6, 6.07) is 11.8. The molecule has 1 aliphatic carbocycles. The van der Waals surface area contributed by atoms with Gasteiger partial charge in [0.15, 0.2) is 0 Å². The molecule has 0 bridgehead atoms. The number of amides is 2. The molecule has 2 aromatic carbocycles. The van der Waals surface area contributed by atoms with Crippen LogP contribution in [0.4, 0.5) is 5.69 Å². The van der Waals surface area contributed by atoms with E-state index in [-0.39, 0.29) is 24.8 Å². The molecular weight excluding hydrogens is 418 g/mol.